The Kier molecular flexibility index (Phi) is 6.87. The van der Waals surface area contributed by atoms with Gasteiger partial charge in [-0.05, 0) is 49.4 Å². The zero-order valence-electron chi connectivity index (χ0n) is 21.0. The Bertz CT molecular complexity index is 1390. The van der Waals surface area contributed by atoms with E-state index in [4.69, 9.17) is 9.72 Å². The summed E-state index contributed by atoms with van der Waals surface area (Å²) in [6.07, 6.45) is 7.02. The van der Waals surface area contributed by atoms with E-state index in [1.807, 2.05) is 41.3 Å². The summed E-state index contributed by atoms with van der Waals surface area (Å²) in [6.45, 7) is 6.33. The number of aromatic nitrogens is 3. The van der Waals surface area contributed by atoms with E-state index < -0.39 is 0 Å². The van der Waals surface area contributed by atoms with E-state index in [1.54, 1.807) is 11.3 Å². The number of hydrogen-bond acceptors (Lipinski definition) is 6. The average molecular weight is 514 g/mol. The molecule has 2 aromatic carbocycles. The van der Waals surface area contributed by atoms with Gasteiger partial charge in [0.2, 0.25) is 0 Å². The highest BCUT2D eigenvalue weighted by Crippen LogP contribution is 2.32. The van der Waals surface area contributed by atoms with Crippen molar-refractivity contribution >= 4 is 22.4 Å². The van der Waals surface area contributed by atoms with Gasteiger partial charge in [-0.1, -0.05) is 42.0 Å². The van der Waals surface area contributed by atoms with Crippen molar-refractivity contribution in [1.29, 1.82) is 0 Å². The lowest BCUT2D eigenvalue weighted by atomic mass is 9.96. The summed E-state index contributed by atoms with van der Waals surface area (Å²) in [7, 11) is 0. The fourth-order valence-electron chi connectivity index (χ4n) is 5.18. The van der Waals surface area contributed by atoms with Gasteiger partial charge in [-0.2, -0.15) is 5.10 Å². The molecule has 0 spiro atoms. The number of morpholine rings is 1. The Balaban J connectivity index is 1.10. The standard InChI is InChI=1S/C29H31N5O2S/c1-20-5-7-22(8-6-20)24-17-30-34(19-24)18-21-3-2-4-23(15-21)28(35)32-29-31-26-10-9-25(16-27(26)37-29)33-11-13-36-14-12-33/h2-8,15,17,19,25H,9-14,16,18H2,1H3,(H,31,32,35). The lowest BCUT2D eigenvalue weighted by molar-refractivity contribution is 0.0139. The second-order valence-corrected chi connectivity index (χ2v) is 11.0. The van der Waals surface area contributed by atoms with E-state index in [1.165, 1.54) is 10.4 Å². The highest BCUT2D eigenvalue weighted by atomic mass is 32.1. The molecule has 2 aliphatic rings. The molecule has 37 heavy (non-hydrogen) atoms. The number of rotatable bonds is 6. The first kappa shape index (κ1) is 24.0. The van der Waals surface area contributed by atoms with Crippen LogP contribution in [0.5, 0.6) is 0 Å². The monoisotopic (exact) mass is 513 g/mol. The molecular formula is C29H31N5O2S. The van der Waals surface area contributed by atoms with E-state index in [0.29, 0.717) is 23.3 Å². The lowest BCUT2D eigenvalue weighted by Gasteiger charge is -2.36. The molecule has 0 bridgehead atoms. The number of aryl methyl sites for hydroxylation is 2. The summed E-state index contributed by atoms with van der Waals surface area (Å²) < 4.78 is 7.42. The van der Waals surface area contributed by atoms with E-state index >= 15 is 0 Å². The van der Waals surface area contributed by atoms with E-state index in [0.717, 1.165) is 68.0 Å². The van der Waals surface area contributed by atoms with Gasteiger partial charge < -0.3 is 4.74 Å². The molecule has 2 aromatic heterocycles. The maximum absolute atomic E-state index is 13.1. The first-order chi connectivity index (χ1) is 18.1. The van der Waals surface area contributed by atoms with Crippen LogP contribution in [0.25, 0.3) is 11.1 Å². The molecule has 1 N–H and O–H groups in total. The number of nitrogens with one attached hydrogen (secondary N) is 1. The number of amides is 1. The summed E-state index contributed by atoms with van der Waals surface area (Å²) in [5, 5.41) is 8.26. The summed E-state index contributed by atoms with van der Waals surface area (Å²) >= 11 is 1.62. The minimum Gasteiger partial charge on any atom is -0.379 e. The van der Waals surface area contributed by atoms with Crippen LogP contribution in [0.1, 0.15) is 38.5 Å². The molecule has 1 aliphatic heterocycles. The van der Waals surface area contributed by atoms with Gasteiger partial charge in [0, 0.05) is 41.3 Å². The molecule has 3 heterocycles. The highest BCUT2D eigenvalue weighted by Gasteiger charge is 2.28. The number of anilines is 1. The van der Waals surface area contributed by atoms with Crippen LogP contribution in [0.2, 0.25) is 0 Å². The number of thiazole rings is 1. The minimum absolute atomic E-state index is 0.126. The first-order valence-electron chi connectivity index (χ1n) is 12.9. The molecular weight excluding hydrogens is 482 g/mol. The molecule has 7 nitrogen and oxygen atoms in total. The highest BCUT2D eigenvalue weighted by molar-refractivity contribution is 7.15. The number of ether oxygens (including phenoxy) is 1. The number of benzene rings is 2. The zero-order valence-corrected chi connectivity index (χ0v) is 21.8. The molecule has 0 saturated carbocycles. The largest absolute Gasteiger partial charge is 0.379 e. The molecule has 1 amide bonds. The van der Waals surface area contributed by atoms with Crippen molar-refractivity contribution in [2.45, 2.75) is 38.8 Å². The number of nitrogens with zero attached hydrogens (tertiary/aromatic N) is 4. The number of fused-ring (bicyclic) bond motifs is 1. The smallest absolute Gasteiger partial charge is 0.257 e. The van der Waals surface area contributed by atoms with Crippen molar-refractivity contribution in [3.8, 4) is 11.1 Å². The van der Waals surface area contributed by atoms with Crippen molar-refractivity contribution in [3.63, 3.8) is 0 Å². The van der Waals surface area contributed by atoms with E-state index in [9.17, 15) is 4.79 Å². The fraction of sp³-hybridized carbons (Fsp3) is 0.345. The fourth-order valence-corrected chi connectivity index (χ4v) is 6.25. The van der Waals surface area contributed by atoms with Crippen molar-refractivity contribution in [3.05, 3.63) is 88.2 Å². The van der Waals surface area contributed by atoms with Crippen LogP contribution in [-0.4, -0.2) is 57.9 Å². The molecule has 1 aliphatic carbocycles. The van der Waals surface area contributed by atoms with Crippen LogP contribution in [0.4, 0.5) is 5.13 Å². The van der Waals surface area contributed by atoms with Gasteiger partial charge in [-0.15, -0.1) is 11.3 Å². The van der Waals surface area contributed by atoms with Crippen molar-refractivity contribution < 1.29 is 9.53 Å². The van der Waals surface area contributed by atoms with Gasteiger partial charge in [0.05, 0.1) is 31.6 Å². The SMILES string of the molecule is Cc1ccc(-c2cnn(Cc3cccc(C(=O)Nc4nc5c(s4)CC(N4CCOCC4)CC5)c3)c2)cc1. The van der Waals surface area contributed by atoms with Crippen LogP contribution >= 0.6 is 11.3 Å². The third kappa shape index (κ3) is 5.51. The molecule has 1 atom stereocenters. The molecule has 8 heteroatoms. The van der Waals surface area contributed by atoms with Gasteiger partial charge >= 0.3 is 0 Å². The summed E-state index contributed by atoms with van der Waals surface area (Å²) in [4.78, 5) is 21.7. The molecule has 0 radical (unpaired) electrons. The summed E-state index contributed by atoms with van der Waals surface area (Å²) in [5.41, 5.74) is 6.26. The predicted octanol–water partition coefficient (Wildman–Crippen LogP) is 4.81. The van der Waals surface area contributed by atoms with E-state index in [-0.39, 0.29) is 5.91 Å². The average Bonchev–Trinajstić information content (AvgIpc) is 3.56. The molecule has 190 valence electrons. The van der Waals surface area contributed by atoms with Gasteiger partial charge in [-0.25, -0.2) is 4.98 Å². The molecule has 6 rings (SSSR count). The Morgan fingerprint density at radius 1 is 1.14 bits per heavy atom. The molecule has 1 unspecified atom stereocenters. The van der Waals surface area contributed by atoms with Gasteiger partial charge in [-0.3, -0.25) is 19.7 Å². The number of carbonyl (C=O) groups excluding carboxylic acids is 1. The third-order valence-corrected chi connectivity index (χ3v) is 8.28. The number of hydrogen-bond donors (Lipinski definition) is 1. The van der Waals surface area contributed by atoms with Crippen LogP contribution in [0.3, 0.4) is 0 Å². The zero-order chi connectivity index (χ0) is 25.2. The Hall–Kier alpha value is -3.33. The quantitative estimate of drug-likeness (QED) is 0.401. The maximum Gasteiger partial charge on any atom is 0.257 e. The van der Waals surface area contributed by atoms with Crippen LogP contribution in [-0.2, 0) is 24.1 Å². The minimum atomic E-state index is -0.126. The number of carbonyl (C=O) groups is 1. The Morgan fingerprint density at radius 2 is 1.97 bits per heavy atom. The maximum atomic E-state index is 13.1. The predicted molar refractivity (Wildman–Crippen MR) is 146 cm³/mol. The normalized spacial score (nSPS) is 17.9. The van der Waals surface area contributed by atoms with Crippen molar-refractivity contribution in [2.75, 3.05) is 31.6 Å². The second-order valence-electron chi connectivity index (χ2n) is 9.88. The van der Waals surface area contributed by atoms with Crippen LogP contribution < -0.4 is 5.32 Å². The van der Waals surface area contributed by atoms with Crippen molar-refractivity contribution in [1.82, 2.24) is 19.7 Å². The van der Waals surface area contributed by atoms with Gasteiger partial charge in [0.1, 0.15) is 0 Å². The van der Waals surface area contributed by atoms with Crippen LogP contribution in [0, 0.1) is 6.92 Å². The van der Waals surface area contributed by atoms with Gasteiger partial charge in [0.15, 0.2) is 5.13 Å². The molecule has 1 fully saturated rings. The first-order valence-corrected chi connectivity index (χ1v) is 13.7. The Morgan fingerprint density at radius 3 is 2.81 bits per heavy atom. The lowest BCUT2D eigenvalue weighted by Crippen LogP contribution is -2.45. The summed E-state index contributed by atoms with van der Waals surface area (Å²) in [6, 6.07) is 16.7. The topological polar surface area (TPSA) is 72.3 Å². The van der Waals surface area contributed by atoms with Gasteiger partial charge in [0.25, 0.3) is 5.91 Å². The summed E-state index contributed by atoms with van der Waals surface area (Å²) in [5.74, 6) is -0.126. The van der Waals surface area contributed by atoms with Crippen molar-refractivity contribution in [2.24, 2.45) is 0 Å². The molecule has 4 aromatic rings. The Labute approximate surface area is 221 Å². The second kappa shape index (κ2) is 10.6. The van der Waals surface area contributed by atoms with Crippen LogP contribution in [0.15, 0.2) is 60.9 Å². The molecule has 1 saturated heterocycles. The third-order valence-electron chi connectivity index (χ3n) is 7.25. The van der Waals surface area contributed by atoms with E-state index in [2.05, 4.69) is 46.5 Å².